The largest absolute Gasteiger partial charge is 0.416 e. The van der Waals surface area contributed by atoms with E-state index in [-0.39, 0.29) is 0 Å². The quantitative estimate of drug-likeness (QED) is 0.674. The van der Waals surface area contributed by atoms with Gasteiger partial charge in [-0.05, 0) is 43.6 Å². The summed E-state index contributed by atoms with van der Waals surface area (Å²) in [6.07, 6.45) is -3.13. The molecule has 1 heterocycles. The van der Waals surface area contributed by atoms with Crippen molar-refractivity contribution >= 4 is 5.96 Å². The van der Waals surface area contributed by atoms with Crippen LogP contribution in [0.15, 0.2) is 29.3 Å². The molecule has 1 aromatic rings. The molecule has 0 aromatic heterocycles. The van der Waals surface area contributed by atoms with Crippen LogP contribution in [0.25, 0.3) is 0 Å². The predicted molar refractivity (Wildman–Crippen MR) is 89.9 cm³/mol. The van der Waals surface area contributed by atoms with Crippen LogP contribution < -0.4 is 5.32 Å². The predicted octanol–water partition coefficient (Wildman–Crippen LogP) is 2.66. The number of rotatable bonds is 4. The van der Waals surface area contributed by atoms with Gasteiger partial charge in [-0.25, -0.2) is 0 Å². The minimum atomic E-state index is -4.30. The van der Waals surface area contributed by atoms with E-state index >= 15 is 0 Å². The molecular weight excluding hydrogens is 317 g/mol. The Bertz CT molecular complexity index is 554. The molecule has 1 fully saturated rings. The van der Waals surface area contributed by atoms with Crippen LogP contribution in [-0.4, -0.2) is 56.5 Å². The molecule has 24 heavy (non-hydrogen) atoms. The third-order valence-electron chi connectivity index (χ3n) is 4.31. The second kappa shape index (κ2) is 7.88. The minimum Gasteiger partial charge on any atom is -0.356 e. The molecule has 1 aliphatic rings. The Morgan fingerprint density at radius 2 is 2.00 bits per heavy atom. The first kappa shape index (κ1) is 18.6. The van der Waals surface area contributed by atoms with E-state index in [9.17, 15) is 13.2 Å². The summed E-state index contributed by atoms with van der Waals surface area (Å²) in [5.74, 6) is 1.36. The van der Waals surface area contributed by atoms with Gasteiger partial charge in [-0.1, -0.05) is 12.1 Å². The monoisotopic (exact) mass is 342 g/mol. The van der Waals surface area contributed by atoms with Crippen LogP contribution in [0.4, 0.5) is 13.2 Å². The molecule has 1 aromatic carbocycles. The van der Waals surface area contributed by atoms with Crippen molar-refractivity contribution in [3.63, 3.8) is 0 Å². The third kappa shape index (κ3) is 5.12. The second-order valence-electron chi connectivity index (χ2n) is 6.40. The molecule has 1 aliphatic heterocycles. The molecule has 0 amide bonds. The van der Waals surface area contributed by atoms with Crippen molar-refractivity contribution in [3.05, 3.63) is 35.4 Å². The molecule has 134 valence electrons. The number of nitrogens with zero attached hydrogens (tertiary/aromatic N) is 3. The summed E-state index contributed by atoms with van der Waals surface area (Å²) in [4.78, 5) is 8.48. The molecule has 1 atom stereocenters. The van der Waals surface area contributed by atoms with Crippen molar-refractivity contribution in [2.24, 2.45) is 10.9 Å². The molecule has 1 N–H and O–H groups in total. The molecule has 1 saturated heterocycles. The Morgan fingerprint density at radius 1 is 1.33 bits per heavy atom. The Kier molecular flexibility index (Phi) is 6.10. The molecule has 0 bridgehead atoms. The first-order chi connectivity index (χ1) is 11.3. The van der Waals surface area contributed by atoms with E-state index in [0.29, 0.717) is 12.5 Å². The average molecular weight is 342 g/mol. The molecule has 0 aliphatic carbocycles. The van der Waals surface area contributed by atoms with Gasteiger partial charge in [0.15, 0.2) is 5.96 Å². The highest BCUT2D eigenvalue weighted by Crippen LogP contribution is 2.29. The van der Waals surface area contributed by atoms with Crippen molar-refractivity contribution in [1.29, 1.82) is 0 Å². The Hall–Kier alpha value is -1.76. The molecule has 0 radical (unpaired) electrons. The standard InChI is InChI=1S/C17H25F3N4/c1-21-16(22-10-14-8-9-23(2)11-14)24(3)12-13-4-6-15(7-5-13)17(18,19)20/h4-7,14H,8-12H2,1-3H3,(H,21,22). The highest BCUT2D eigenvalue weighted by Gasteiger charge is 2.30. The zero-order valence-electron chi connectivity index (χ0n) is 14.4. The number of nitrogens with one attached hydrogen (secondary N) is 1. The summed E-state index contributed by atoms with van der Waals surface area (Å²) >= 11 is 0. The SMILES string of the molecule is CN=C(NCC1CCN(C)C1)N(C)Cc1ccc(C(F)(F)F)cc1. The van der Waals surface area contributed by atoms with E-state index in [2.05, 4.69) is 22.3 Å². The van der Waals surface area contributed by atoms with Gasteiger partial charge in [0.1, 0.15) is 0 Å². The van der Waals surface area contributed by atoms with Gasteiger partial charge < -0.3 is 15.1 Å². The van der Waals surface area contributed by atoms with Gasteiger partial charge in [-0.15, -0.1) is 0 Å². The smallest absolute Gasteiger partial charge is 0.356 e. The fraction of sp³-hybridized carbons (Fsp3) is 0.588. The maximum atomic E-state index is 12.6. The van der Waals surface area contributed by atoms with Crippen molar-refractivity contribution in [2.45, 2.75) is 19.1 Å². The molecule has 1 unspecified atom stereocenters. The first-order valence-electron chi connectivity index (χ1n) is 8.06. The van der Waals surface area contributed by atoms with Crippen LogP contribution >= 0.6 is 0 Å². The van der Waals surface area contributed by atoms with Crippen LogP contribution in [0.5, 0.6) is 0 Å². The van der Waals surface area contributed by atoms with Crippen LogP contribution in [0.2, 0.25) is 0 Å². The topological polar surface area (TPSA) is 30.9 Å². The Morgan fingerprint density at radius 3 is 2.50 bits per heavy atom. The van der Waals surface area contributed by atoms with Gasteiger partial charge in [-0.2, -0.15) is 13.2 Å². The number of halogens is 3. The number of likely N-dealkylation sites (tertiary alicyclic amines) is 1. The minimum absolute atomic E-state index is 0.502. The van der Waals surface area contributed by atoms with Crippen LogP contribution in [0.1, 0.15) is 17.5 Å². The van der Waals surface area contributed by atoms with E-state index in [1.165, 1.54) is 18.6 Å². The van der Waals surface area contributed by atoms with Crippen molar-refractivity contribution in [3.8, 4) is 0 Å². The van der Waals surface area contributed by atoms with E-state index in [0.717, 1.165) is 43.3 Å². The van der Waals surface area contributed by atoms with Gasteiger partial charge in [0, 0.05) is 33.7 Å². The zero-order valence-corrected chi connectivity index (χ0v) is 14.4. The summed E-state index contributed by atoms with van der Waals surface area (Å²) in [6, 6.07) is 5.26. The van der Waals surface area contributed by atoms with E-state index in [4.69, 9.17) is 0 Å². The summed E-state index contributed by atoms with van der Waals surface area (Å²) in [7, 11) is 5.71. The molecule has 0 saturated carbocycles. The molecule has 2 rings (SSSR count). The lowest BCUT2D eigenvalue weighted by Crippen LogP contribution is -2.41. The van der Waals surface area contributed by atoms with Crippen molar-refractivity contribution in [2.75, 3.05) is 40.8 Å². The number of guanidine groups is 1. The number of hydrogen-bond donors (Lipinski definition) is 1. The summed E-state index contributed by atoms with van der Waals surface area (Å²) in [5, 5.41) is 3.36. The molecule has 7 heteroatoms. The first-order valence-corrected chi connectivity index (χ1v) is 8.06. The Labute approximate surface area is 141 Å². The van der Waals surface area contributed by atoms with Crippen LogP contribution in [0.3, 0.4) is 0 Å². The third-order valence-corrected chi connectivity index (χ3v) is 4.31. The zero-order chi connectivity index (χ0) is 17.7. The van der Waals surface area contributed by atoms with Crippen molar-refractivity contribution < 1.29 is 13.2 Å². The van der Waals surface area contributed by atoms with Gasteiger partial charge in [0.25, 0.3) is 0 Å². The van der Waals surface area contributed by atoms with Gasteiger partial charge >= 0.3 is 6.18 Å². The molecular formula is C17H25F3N4. The normalized spacial score (nSPS) is 19.6. The molecule has 4 nitrogen and oxygen atoms in total. The van der Waals surface area contributed by atoms with Crippen molar-refractivity contribution in [1.82, 2.24) is 15.1 Å². The lowest BCUT2D eigenvalue weighted by molar-refractivity contribution is -0.137. The Balaban J connectivity index is 1.88. The van der Waals surface area contributed by atoms with Gasteiger partial charge in [0.05, 0.1) is 5.56 Å². The van der Waals surface area contributed by atoms with E-state index in [1.54, 1.807) is 7.05 Å². The number of aliphatic imine (C=N–C) groups is 1. The summed E-state index contributed by atoms with van der Waals surface area (Å²) in [5.41, 5.74) is 0.191. The average Bonchev–Trinajstić information content (AvgIpc) is 2.93. The fourth-order valence-electron chi connectivity index (χ4n) is 2.96. The number of hydrogen-bond acceptors (Lipinski definition) is 2. The lowest BCUT2D eigenvalue weighted by Gasteiger charge is -2.23. The number of alkyl halides is 3. The second-order valence-corrected chi connectivity index (χ2v) is 6.40. The van der Waals surface area contributed by atoms with E-state index < -0.39 is 11.7 Å². The maximum absolute atomic E-state index is 12.6. The van der Waals surface area contributed by atoms with Crippen LogP contribution in [0, 0.1) is 5.92 Å². The fourth-order valence-corrected chi connectivity index (χ4v) is 2.96. The molecule has 0 spiro atoms. The van der Waals surface area contributed by atoms with Crippen LogP contribution in [-0.2, 0) is 12.7 Å². The van der Waals surface area contributed by atoms with Gasteiger partial charge in [-0.3, -0.25) is 4.99 Å². The number of benzene rings is 1. The van der Waals surface area contributed by atoms with Gasteiger partial charge in [0.2, 0.25) is 0 Å². The summed E-state index contributed by atoms with van der Waals surface area (Å²) < 4.78 is 37.8. The highest BCUT2D eigenvalue weighted by molar-refractivity contribution is 5.79. The lowest BCUT2D eigenvalue weighted by atomic mass is 10.1. The summed E-state index contributed by atoms with van der Waals surface area (Å²) in [6.45, 7) is 3.55. The highest BCUT2D eigenvalue weighted by atomic mass is 19.4. The van der Waals surface area contributed by atoms with E-state index in [1.807, 2.05) is 11.9 Å². The maximum Gasteiger partial charge on any atom is 0.416 e.